The molecule has 170 valence electrons. The van der Waals surface area contributed by atoms with Crippen molar-refractivity contribution in [3.05, 3.63) is 95.0 Å². The van der Waals surface area contributed by atoms with Gasteiger partial charge in [0.05, 0.1) is 13.2 Å². The largest absolute Gasteiger partial charge is 0.493 e. The number of hydrogen-bond donors (Lipinski definition) is 0. The zero-order valence-corrected chi connectivity index (χ0v) is 20.7. The van der Waals surface area contributed by atoms with E-state index in [2.05, 4.69) is 84.1 Å². The van der Waals surface area contributed by atoms with E-state index in [9.17, 15) is 0 Å². The van der Waals surface area contributed by atoms with Crippen LogP contribution < -0.4 is 4.74 Å². The van der Waals surface area contributed by atoms with Crippen LogP contribution in [0.2, 0.25) is 5.02 Å². The van der Waals surface area contributed by atoms with Crippen molar-refractivity contribution in [1.29, 1.82) is 0 Å². The van der Waals surface area contributed by atoms with Crippen LogP contribution in [0.4, 0.5) is 0 Å². The van der Waals surface area contributed by atoms with Gasteiger partial charge < -0.3 is 4.74 Å². The first-order chi connectivity index (χ1) is 15.9. The minimum absolute atomic E-state index is 0.112. The van der Waals surface area contributed by atoms with Crippen molar-refractivity contribution in [2.75, 3.05) is 12.4 Å². The van der Waals surface area contributed by atoms with E-state index in [4.69, 9.17) is 16.3 Å². The summed E-state index contributed by atoms with van der Waals surface area (Å²) in [5, 5.41) is 10.7. The third-order valence-electron chi connectivity index (χ3n) is 5.31. The van der Waals surface area contributed by atoms with Gasteiger partial charge >= 0.3 is 0 Å². The SMILES string of the molecule is CC(C)(C)c1ccc(-c2nnc(SCCOc3ccc(Cl)cc3)n2Cc2ccccc2)cc1. The number of hydrogen-bond acceptors (Lipinski definition) is 4. The summed E-state index contributed by atoms with van der Waals surface area (Å²) in [4.78, 5) is 0. The smallest absolute Gasteiger partial charge is 0.191 e. The number of rotatable bonds is 8. The van der Waals surface area contributed by atoms with Crippen molar-refractivity contribution in [2.24, 2.45) is 0 Å². The van der Waals surface area contributed by atoms with E-state index in [-0.39, 0.29) is 5.41 Å². The van der Waals surface area contributed by atoms with Gasteiger partial charge in [-0.3, -0.25) is 4.57 Å². The van der Waals surface area contributed by atoms with Gasteiger partial charge in [-0.1, -0.05) is 98.7 Å². The maximum absolute atomic E-state index is 5.94. The minimum atomic E-state index is 0.112. The molecule has 4 aromatic rings. The Morgan fingerprint density at radius 1 is 0.879 bits per heavy atom. The van der Waals surface area contributed by atoms with E-state index in [1.807, 2.05) is 30.3 Å². The van der Waals surface area contributed by atoms with Gasteiger partial charge in [-0.15, -0.1) is 10.2 Å². The second-order valence-corrected chi connectivity index (χ2v) is 10.4. The molecule has 4 rings (SSSR count). The van der Waals surface area contributed by atoms with Crippen LogP contribution in [0.1, 0.15) is 31.9 Å². The van der Waals surface area contributed by atoms with Gasteiger partial charge in [0.15, 0.2) is 11.0 Å². The molecule has 6 heteroatoms. The molecule has 1 aromatic heterocycles. The first kappa shape index (κ1) is 23.4. The molecule has 0 N–H and O–H groups in total. The summed E-state index contributed by atoms with van der Waals surface area (Å²) in [6.07, 6.45) is 0. The zero-order chi connectivity index (χ0) is 23.3. The summed E-state index contributed by atoms with van der Waals surface area (Å²) in [7, 11) is 0. The van der Waals surface area contributed by atoms with Gasteiger partial charge in [-0.05, 0) is 40.8 Å². The Balaban J connectivity index is 1.52. The lowest BCUT2D eigenvalue weighted by atomic mass is 9.87. The van der Waals surface area contributed by atoms with E-state index in [0.29, 0.717) is 18.2 Å². The molecule has 0 atom stereocenters. The molecular weight excluding hydrogens is 450 g/mol. The minimum Gasteiger partial charge on any atom is -0.493 e. The highest BCUT2D eigenvalue weighted by molar-refractivity contribution is 7.99. The number of aromatic nitrogens is 3. The molecular formula is C27H28ClN3OS. The number of nitrogens with zero attached hydrogens (tertiary/aromatic N) is 3. The molecule has 0 fully saturated rings. The predicted molar refractivity (Wildman–Crippen MR) is 137 cm³/mol. The number of halogens is 1. The number of benzene rings is 3. The quantitative estimate of drug-likeness (QED) is 0.200. The Morgan fingerprint density at radius 3 is 2.24 bits per heavy atom. The lowest BCUT2D eigenvalue weighted by molar-refractivity contribution is 0.344. The maximum atomic E-state index is 5.94. The molecule has 1 heterocycles. The molecule has 33 heavy (non-hydrogen) atoms. The van der Waals surface area contributed by atoms with Gasteiger partial charge in [0.25, 0.3) is 0 Å². The van der Waals surface area contributed by atoms with Crippen LogP contribution in [-0.4, -0.2) is 27.1 Å². The van der Waals surface area contributed by atoms with Gasteiger partial charge in [-0.2, -0.15) is 0 Å². The summed E-state index contributed by atoms with van der Waals surface area (Å²) in [6, 6.07) is 26.5. The van der Waals surface area contributed by atoms with Crippen LogP contribution in [0.3, 0.4) is 0 Å². The van der Waals surface area contributed by atoms with Crippen LogP contribution in [0, 0.1) is 0 Å². The van der Waals surface area contributed by atoms with E-state index in [1.54, 1.807) is 11.8 Å². The van der Waals surface area contributed by atoms with Crippen LogP contribution in [-0.2, 0) is 12.0 Å². The Morgan fingerprint density at radius 2 is 1.58 bits per heavy atom. The third kappa shape index (κ3) is 6.18. The monoisotopic (exact) mass is 477 g/mol. The van der Waals surface area contributed by atoms with Crippen LogP contribution >= 0.6 is 23.4 Å². The molecule has 4 nitrogen and oxygen atoms in total. The van der Waals surface area contributed by atoms with Crippen LogP contribution in [0.5, 0.6) is 5.75 Å². The Labute approximate surface area is 205 Å². The normalized spacial score (nSPS) is 11.5. The Kier molecular flexibility index (Phi) is 7.41. The number of ether oxygens (including phenoxy) is 1. The first-order valence-corrected chi connectivity index (χ1v) is 12.4. The van der Waals surface area contributed by atoms with E-state index in [0.717, 1.165) is 28.0 Å². The highest BCUT2D eigenvalue weighted by Gasteiger charge is 2.17. The van der Waals surface area contributed by atoms with Gasteiger partial charge in [-0.25, -0.2) is 0 Å². The van der Waals surface area contributed by atoms with Crippen LogP contribution in [0.25, 0.3) is 11.4 Å². The lowest BCUT2D eigenvalue weighted by Gasteiger charge is -2.19. The molecule has 3 aromatic carbocycles. The third-order valence-corrected chi connectivity index (χ3v) is 6.49. The van der Waals surface area contributed by atoms with Crippen molar-refractivity contribution in [3.63, 3.8) is 0 Å². The second-order valence-electron chi connectivity index (χ2n) is 8.86. The molecule has 0 aliphatic carbocycles. The molecule has 0 unspecified atom stereocenters. The highest BCUT2D eigenvalue weighted by Crippen LogP contribution is 2.28. The van der Waals surface area contributed by atoms with Gasteiger partial charge in [0.1, 0.15) is 5.75 Å². The maximum Gasteiger partial charge on any atom is 0.191 e. The summed E-state index contributed by atoms with van der Waals surface area (Å²) in [5.74, 6) is 2.45. The molecule has 0 bridgehead atoms. The lowest BCUT2D eigenvalue weighted by Crippen LogP contribution is -2.10. The first-order valence-electron chi connectivity index (χ1n) is 11.0. The van der Waals surface area contributed by atoms with E-state index < -0.39 is 0 Å². The molecule has 0 saturated carbocycles. The molecule has 0 amide bonds. The van der Waals surface area contributed by atoms with E-state index in [1.165, 1.54) is 11.1 Å². The molecule has 0 aliphatic rings. The second kappa shape index (κ2) is 10.4. The fourth-order valence-corrected chi connectivity index (χ4v) is 4.34. The zero-order valence-electron chi connectivity index (χ0n) is 19.2. The Bertz CT molecular complexity index is 1170. The summed E-state index contributed by atoms with van der Waals surface area (Å²) < 4.78 is 8.03. The fourth-order valence-electron chi connectivity index (χ4n) is 3.46. The predicted octanol–water partition coefficient (Wildman–Crippen LogP) is 7.12. The topological polar surface area (TPSA) is 39.9 Å². The van der Waals surface area contributed by atoms with Crippen LogP contribution in [0.15, 0.2) is 84.0 Å². The molecule has 0 saturated heterocycles. The average molecular weight is 478 g/mol. The van der Waals surface area contributed by atoms with Gasteiger partial charge in [0.2, 0.25) is 0 Å². The van der Waals surface area contributed by atoms with Crippen molar-refractivity contribution in [2.45, 2.75) is 37.9 Å². The average Bonchev–Trinajstić information content (AvgIpc) is 3.20. The highest BCUT2D eigenvalue weighted by atomic mass is 35.5. The van der Waals surface area contributed by atoms with E-state index >= 15 is 0 Å². The summed E-state index contributed by atoms with van der Waals surface area (Å²) >= 11 is 7.59. The molecule has 0 radical (unpaired) electrons. The Hall–Kier alpha value is -2.76. The summed E-state index contributed by atoms with van der Waals surface area (Å²) in [6.45, 7) is 7.95. The van der Waals surface area contributed by atoms with Crippen molar-refractivity contribution in [1.82, 2.24) is 14.8 Å². The molecule has 0 spiro atoms. The fraction of sp³-hybridized carbons (Fsp3) is 0.259. The molecule has 0 aliphatic heterocycles. The standard InChI is InChI=1S/C27H28ClN3OS/c1-27(2,3)22-11-9-21(10-12-22)25-29-30-26(31(25)19-20-7-5-4-6-8-20)33-18-17-32-24-15-13-23(28)14-16-24/h4-16H,17-19H2,1-3H3. The van der Waals surface area contributed by atoms with Gasteiger partial charge in [0, 0.05) is 16.3 Å². The number of thioether (sulfide) groups is 1. The van der Waals surface area contributed by atoms with Crippen molar-refractivity contribution < 1.29 is 4.74 Å². The van der Waals surface area contributed by atoms with Crippen molar-refractivity contribution in [3.8, 4) is 17.1 Å². The summed E-state index contributed by atoms with van der Waals surface area (Å²) in [5.41, 5.74) is 3.69. The van der Waals surface area contributed by atoms with Crippen molar-refractivity contribution >= 4 is 23.4 Å².